The number of aromatic amines is 1. The lowest BCUT2D eigenvalue weighted by Gasteiger charge is -2.30. The van der Waals surface area contributed by atoms with E-state index in [2.05, 4.69) is 46.3 Å². The Morgan fingerprint density at radius 2 is 1.76 bits per heavy atom. The van der Waals surface area contributed by atoms with Crippen molar-refractivity contribution in [3.8, 4) is 5.75 Å². The molecule has 1 saturated heterocycles. The van der Waals surface area contributed by atoms with Gasteiger partial charge < -0.3 is 45.9 Å². The van der Waals surface area contributed by atoms with Crippen molar-refractivity contribution in [2.45, 2.75) is 71.4 Å². The van der Waals surface area contributed by atoms with Gasteiger partial charge in [-0.25, -0.2) is 19.6 Å². The summed E-state index contributed by atoms with van der Waals surface area (Å²) in [5, 5.41) is 13.4. The lowest BCUT2D eigenvalue weighted by Crippen LogP contribution is -2.51. The van der Waals surface area contributed by atoms with Crippen LogP contribution in [-0.4, -0.2) is 89.5 Å². The number of pyridine rings is 1. The second kappa shape index (κ2) is 18.7. The number of nitrogens with zero attached hydrogens (tertiary/aromatic N) is 3. The first-order valence-corrected chi connectivity index (χ1v) is 19.0. The van der Waals surface area contributed by atoms with Gasteiger partial charge >= 0.3 is 18.5 Å². The van der Waals surface area contributed by atoms with Crippen LogP contribution in [0, 0.1) is 11.8 Å². The summed E-state index contributed by atoms with van der Waals surface area (Å²) in [5.74, 6) is -0.442. The number of alkyl halides is 3. The molecule has 1 fully saturated rings. The summed E-state index contributed by atoms with van der Waals surface area (Å²) in [6, 6.07) is 3.68. The van der Waals surface area contributed by atoms with Gasteiger partial charge in [0.05, 0.1) is 41.3 Å². The van der Waals surface area contributed by atoms with Crippen LogP contribution in [0.1, 0.15) is 80.4 Å². The summed E-state index contributed by atoms with van der Waals surface area (Å²) in [6.45, 7) is 8.35. The highest BCUT2D eigenvalue weighted by Gasteiger charge is 2.40. The first-order valence-electron chi connectivity index (χ1n) is 18.6. The molecule has 6 N–H and O–H groups in total. The predicted molar refractivity (Wildman–Crippen MR) is 212 cm³/mol. The summed E-state index contributed by atoms with van der Waals surface area (Å²) in [4.78, 5) is 64.1. The van der Waals surface area contributed by atoms with Crippen molar-refractivity contribution in [1.29, 1.82) is 0 Å². The maximum atomic E-state index is 13.7. The van der Waals surface area contributed by atoms with E-state index in [1.54, 1.807) is 36.2 Å². The van der Waals surface area contributed by atoms with Crippen molar-refractivity contribution in [3.63, 3.8) is 0 Å². The number of H-pyrrole nitrogens is 1. The maximum Gasteiger partial charge on any atom is 0.573 e. The fraction of sp³-hybridized carbons (Fsp3) is 0.436. The van der Waals surface area contributed by atoms with Gasteiger partial charge in [0, 0.05) is 44.0 Å². The summed E-state index contributed by atoms with van der Waals surface area (Å²) < 4.78 is 50.2. The molecule has 5 amide bonds. The number of allylic oxidation sites excluding steroid dienone is 4. The summed E-state index contributed by atoms with van der Waals surface area (Å²) >= 11 is 6.55. The number of ether oxygens (including phenoxy) is 2. The molecule has 4 atom stereocenters. The van der Waals surface area contributed by atoms with Crippen LogP contribution in [0.5, 0.6) is 5.75 Å². The van der Waals surface area contributed by atoms with Crippen molar-refractivity contribution in [2.24, 2.45) is 11.8 Å². The number of hydrogen-bond acceptors (Lipinski definition) is 9. The molecule has 0 bridgehead atoms. The summed E-state index contributed by atoms with van der Waals surface area (Å²) in [5.41, 5.74) is 2.18. The lowest BCUT2D eigenvalue weighted by atomic mass is 9.91. The Balaban J connectivity index is 1.31. The SMILES string of the molecule is CNC(=O)NC(C)CNc1ccc(C(=O)Nc2cc(OC(F)(F)F)c(C3=CC=C(c4cnc(C5CC(C)CN5C(=O)C(NC(=O)OC)C(C)C)[nH]4)CC3)cc2Cl)cn1. The average Bonchev–Trinajstić information content (AvgIpc) is 3.83. The van der Waals surface area contributed by atoms with Gasteiger partial charge in [-0.2, -0.15) is 0 Å². The van der Waals surface area contributed by atoms with Crippen LogP contribution in [-0.2, 0) is 9.53 Å². The smallest absolute Gasteiger partial charge is 0.453 e. The first kappa shape index (κ1) is 43.3. The number of urea groups is 1. The summed E-state index contributed by atoms with van der Waals surface area (Å²) in [6.07, 6.45) is 2.09. The van der Waals surface area contributed by atoms with Crippen LogP contribution in [0.15, 0.2) is 48.8 Å². The number of imidazole rings is 1. The second-order valence-electron chi connectivity index (χ2n) is 14.5. The van der Waals surface area contributed by atoms with Gasteiger partial charge in [-0.1, -0.05) is 44.5 Å². The van der Waals surface area contributed by atoms with Crippen LogP contribution in [0.25, 0.3) is 11.1 Å². The quantitative estimate of drug-likeness (QED) is 0.107. The van der Waals surface area contributed by atoms with E-state index in [0.717, 1.165) is 11.6 Å². The van der Waals surface area contributed by atoms with E-state index in [4.69, 9.17) is 16.3 Å². The lowest BCUT2D eigenvalue weighted by molar-refractivity contribution is -0.274. The molecule has 15 nitrogen and oxygen atoms in total. The van der Waals surface area contributed by atoms with E-state index < -0.39 is 30.2 Å². The molecule has 3 heterocycles. The van der Waals surface area contributed by atoms with Crippen molar-refractivity contribution in [2.75, 3.05) is 37.9 Å². The van der Waals surface area contributed by atoms with Gasteiger partial charge in [-0.3, -0.25) is 9.59 Å². The number of nitrogens with one attached hydrogen (secondary N) is 6. The molecule has 19 heteroatoms. The van der Waals surface area contributed by atoms with E-state index in [-0.39, 0.29) is 57.7 Å². The predicted octanol–water partition coefficient (Wildman–Crippen LogP) is 6.89. The van der Waals surface area contributed by atoms with Crippen LogP contribution in [0.3, 0.4) is 0 Å². The number of carbonyl (C=O) groups is 4. The van der Waals surface area contributed by atoms with Gasteiger partial charge in [-0.15, -0.1) is 13.2 Å². The minimum Gasteiger partial charge on any atom is -0.453 e. The number of anilines is 2. The zero-order valence-electron chi connectivity index (χ0n) is 32.8. The maximum absolute atomic E-state index is 13.7. The highest BCUT2D eigenvalue weighted by atomic mass is 35.5. The van der Waals surface area contributed by atoms with Crippen molar-refractivity contribution in [1.82, 2.24) is 35.8 Å². The molecule has 3 aromatic rings. The molecule has 1 aliphatic heterocycles. The van der Waals surface area contributed by atoms with Gasteiger partial charge in [0.2, 0.25) is 5.91 Å². The minimum atomic E-state index is -5.04. The molecule has 2 aliphatic rings. The van der Waals surface area contributed by atoms with Crippen LogP contribution in [0.2, 0.25) is 5.02 Å². The Hall–Kier alpha value is -5.78. The van der Waals surface area contributed by atoms with Crippen LogP contribution >= 0.6 is 11.6 Å². The highest BCUT2D eigenvalue weighted by Crippen LogP contribution is 2.42. The van der Waals surface area contributed by atoms with E-state index in [1.807, 2.05) is 20.8 Å². The van der Waals surface area contributed by atoms with Gasteiger partial charge in [-0.05, 0) is 67.4 Å². The number of carbonyl (C=O) groups excluding carboxylic acids is 4. The third kappa shape index (κ3) is 11.0. The largest absolute Gasteiger partial charge is 0.573 e. The Labute approximate surface area is 338 Å². The number of likely N-dealkylation sites (tertiary alicyclic amines) is 1. The number of amides is 5. The van der Waals surface area contributed by atoms with Gasteiger partial charge in [0.1, 0.15) is 23.4 Å². The monoisotopic (exact) mass is 829 g/mol. The Morgan fingerprint density at radius 1 is 1.03 bits per heavy atom. The van der Waals surface area contributed by atoms with Gasteiger partial charge in [0.25, 0.3) is 5.91 Å². The zero-order chi connectivity index (χ0) is 42.3. The average molecular weight is 830 g/mol. The number of halogens is 4. The third-order valence-corrected chi connectivity index (χ3v) is 10.0. The normalized spacial score (nSPS) is 17.7. The van der Waals surface area contributed by atoms with Crippen molar-refractivity contribution < 1.29 is 41.8 Å². The van der Waals surface area contributed by atoms with E-state index >= 15 is 0 Å². The van der Waals surface area contributed by atoms with E-state index in [0.29, 0.717) is 55.3 Å². The van der Waals surface area contributed by atoms with E-state index in [1.165, 1.54) is 32.5 Å². The number of benzene rings is 1. The number of methoxy groups -OCH3 is 1. The molecule has 0 saturated carbocycles. The Bertz CT molecular complexity index is 2050. The van der Waals surface area contributed by atoms with Gasteiger partial charge in [0.15, 0.2) is 0 Å². The van der Waals surface area contributed by atoms with Crippen LogP contribution < -0.4 is 31.3 Å². The Kier molecular flexibility index (Phi) is 13.9. The van der Waals surface area contributed by atoms with Crippen molar-refractivity contribution in [3.05, 3.63) is 76.5 Å². The van der Waals surface area contributed by atoms with E-state index in [9.17, 15) is 32.3 Å². The van der Waals surface area contributed by atoms with Crippen LogP contribution in [0.4, 0.5) is 34.3 Å². The molecule has 2 aromatic heterocycles. The Morgan fingerprint density at radius 3 is 2.38 bits per heavy atom. The summed E-state index contributed by atoms with van der Waals surface area (Å²) in [7, 11) is 2.74. The molecule has 1 aromatic carbocycles. The third-order valence-electron chi connectivity index (χ3n) is 9.70. The molecule has 4 unspecified atom stereocenters. The molecule has 58 heavy (non-hydrogen) atoms. The second-order valence-corrected chi connectivity index (χ2v) is 14.9. The molecule has 0 spiro atoms. The fourth-order valence-electron chi connectivity index (χ4n) is 6.72. The first-order chi connectivity index (χ1) is 27.5. The number of alkyl carbamates (subject to hydrolysis) is 1. The molecule has 312 valence electrons. The zero-order valence-corrected chi connectivity index (χ0v) is 33.6. The van der Waals surface area contributed by atoms with Crippen molar-refractivity contribution >= 4 is 58.2 Å². The number of rotatable bonds is 13. The molecular weight excluding hydrogens is 783 g/mol. The fourth-order valence-corrected chi connectivity index (χ4v) is 6.93. The molecular formula is C39H47ClF3N9O6. The molecule has 5 rings (SSSR count). The highest BCUT2D eigenvalue weighted by molar-refractivity contribution is 6.34. The minimum absolute atomic E-state index is 0.0120. The molecule has 0 radical (unpaired) electrons. The standard InChI is InChI=1S/C39H47ClF3N9O6/c1-20(2)33(51-38(56)57-6)36(54)52-19-21(3)13-30(52)34-47-18-29(49-34)24-9-7-23(8-10-24)26-14-27(40)28(15-31(26)58-39(41,42)43)50-35(53)25-11-12-32(46-17-25)45-16-22(4)48-37(55)44-5/h7,9,11-12,14-15,17-18,20-22,30,33H,8,10,13,16,19H2,1-6H3,(H,45,46)(H,47,49)(H,50,53)(H,51,56)(H2,44,48,55). The topological polar surface area (TPSA) is 192 Å². The number of aromatic nitrogens is 3. The number of hydrogen-bond donors (Lipinski definition) is 6. The molecule has 1 aliphatic carbocycles.